The maximum Gasteiger partial charge on any atom is 0.0422 e. The predicted octanol–water partition coefficient (Wildman–Crippen LogP) is 3.11. The summed E-state index contributed by atoms with van der Waals surface area (Å²) in [6.45, 7) is 7.89. The third-order valence-corrected chi connectivity index (χ3v) is 5.23. The second kappa shape index (κ2) is 8.39. The minimum atomic E-state index is 0.313. The van der Waals surface area contributed by atoms with Crippen LogP contribution in [-0.2, 0) is 0 Å². The van der Waals surface area contributed by atoms with Gasteiger partial charge in [-0.25, -0.2) is 0 Å². The number of hydrogen-bond acceptors (Lipinski definition) is 3. The Labute approximate surface area is 112 Å². The largest absolute Gasteiger partial charge is 0.329 e. The van der Waals surface area contributed by atoms with Crippen molar-refractivity contribution in [3.8, 4) is 0 Å². The molecule has 102 valence electrons. The highest BCUT2D eigenvalue weighted by Crippen LogP contribution is 2.32. The number of nitrogens with two attached hydrogens (primary N) is 1. The summed E-state index contributed by atoms with van der Waals surface area (Å²) in [5, 5.41) is 0. The second-order valence-corrected chi connectivity index (χ2v) is 6.38. The third kappa shape index (κ3) is 4.46. The monoisotopic (exact) mass is 258 g/mol. The van der Waals surface area contributed by atoms with E-state index in [1.807, 2.05) is 0 Å². The number of rotatable bonds is 8. The molecule has 1 unspecified atom stereocenters. The molecule has 3 heteroatoms. The Hall–Kier alpha value is 0.270. The fraction of sp³-hybridized carbons (Fsp3) is 1.00. The van der Waals surface area contributed by atoms with Crippen molar-refractivity contribution >= 4 is 11.8 Å². The summed E-state index contributed by atoms with van der Waals surface area (Å²) in [5.41, 5.74) is 6.44. The molecular weight excluding hydrogens is 228 g/mol. The van der Waals surface area contributed by atoms with Gasteiger partial charge >= 0.3 is 0 Å². The Kier molecular flexibility index (Phi) is 7.56. The van der Waals surface area contributed by atoms with Crippen LogP contribution in [0.2, 0.25) is 0 Å². The van der Waals surface area contributed by atoms with Crippen molar-refractivity contribution in [1.29, 1.82) is 0 Å². The van der Waals surface area contributed by atoms with E-state index in [9.17, 15) is 0 Å². The average molecular weight is 258 g/mol. The quantitative estimate of drug-likeness (QED) is 0.725. The van der Waals surface area contributed by atoms with Crippen molar-refractivity contribution in [2.45, 2.75) is 57.9 Å². The lowest BCUT2D eigenvalue weighted by molar-refractivity contribution is 0.0985. The minimum Gasteiger partial charge on any atom is -0.329 e. The number of hydrogen-bond donors (Lipinski definition) is 1. The van der Waals surface area contributed by atoms with Gasteiger partial charge in [0.25, 0.3) is 0 Å². The van der Waals surface area contributed by atoms with E-state index < -0.39 is 0 Å². The van der Waals surface area contributed by atoms with E-state index in [1.165, 1.54) is 63.1 Å². The van der Waals surface area contributed by atoms with Gasteiger partial charge < -0.3 is 5.73 Å². The number of nitrogens with zero attached hydrogens (tertiary/aromatic N) is 1. The molecule has 2 N–H and O–H groups in total. The lowest BCUT2D eigenvalue weighted by atomic mass is 9.92. The zero-order valence-electron chi connectivity index (χ0n) is 11.7. The first-order valence-electron chi connectivity index (χ1n) is 7.32. The Morgan fingerprint density at radius 2 is 1.82 bits per heavy atom. The van der Waals surface area contributed by atoms with Gasteiger partial charge in [-0.05, 0) is 44.5 Å². The number of unbranched alkanes of at least 4 members (excludes halogenated alkanes) is 2. The van der Waals surface area contributed by atoms with Crippen LogP contribution in [0.15, 0.2) is 0 Å². The van der Waals surface area contributed by atoms with E-state index in [4.69, 9.17) is 5.73 Å². The fourth-order valence-corrected chi connectivity index (χ4v) is 3.98. The molecule has 1 aliphatic heterocycles. The molecule has 2 nitrogen and oxygen atoms in total. The van der Waals surface area contributed by atoms with Crippen LogP contribution in [0.4, 0.5) is 0 Å². The van der Waals surface area contributed by atoms with E-state index >= 15 is 0 Å². The predicted molar refractivity (Wildman–Crippen MR) is 79.7 cm³/mol. The molecule has 17 heavy (non-hydrogen) atoms. The molecule has 0 spiro atoms. The minimum absolute atomic E-state index is 0.313. The van der Waals surface area contributed by atoms with Gasteiger partial charge in [0.15, 0.2) is 0 Å². The van der Waals surface area contributed by atoms with Crippen molar-refractivity contribution in [3.63, 3.8) is 0 Å². The summed E-state index contributed by atoms with van der Waals surface area (Å²) in [7, 11) is 0. The Morgan fingerprint density at radius 1 is 1.18 bits per heavy atom. The van der Waals surface area contributed by atoms with Gasteiger partial charge in [0.05, 0.1) is 0 Å². The molecule has 1 saturated heterocycles. The van der Waals surface area contributed by atoms with Gasteiger partial charge in [-0.2, -0.15) is 11.8 Å². The topological polar surface area (TPSA) is 29.3 Å². The van der Waals surface area contributed by atoms with Gasteiger partial charge in [0.2, 0.25) is 0 Å². The smallest absolute Gasteiger partial charge is 0.0422 e. The second-order valence-electron chi connectivity index (χ2n) is 5.28. The molecule has 0 aliphatic carbocycles. The van der Waals surface area contributed by atoms with Crippen molar-refractivity contribution in [2.75, 3.05) is 31.1 Å². The van der Waals surface area contributed by atoms with Crippen LogP contribution >= 0.6 is 11.8 Å². The van der Waals surface area contributed by atoms with Crippen LogP contribution in [0, 0.1) is 0 Å². The molecule has 0 aromatic heterocycles. The summed E-state index contributed by atoms with van der Waals surface area (Å²) in [4.78, 5) is 2.71. The molecule has 1 aliphatic rings. The summed E-state index contributed by atoms with van der Waals surface area (Å²) in [6, 6.07) is 0. The lowest BCUT2D eigenvalue weighted by Crippen LogP contribution is -2.57. The van der Waals surface area contributed by atoms with Crippen LogP contribution in [0.3, 0.4) is 0 Å². The molecule has 0 aromatic rings. The lowest BCUT2D eigenvalue weighted by Gasteiger charge is -2.46. The molecule has 0 radical (unpaired) electrons. The molecule has 1 fully saturated rings. The highest BCUT2D eigenvalue weighted by atomic mass is 32.2. The molecule has 1 heterocycles. The summed E-state index contributed by atoms with van der Waals surface area (Å²) < 4.78 is 0. The highest BCUT2D eigenvalue weighted by Gasteiger charge is 2.36. The highest BCUT2D eigenvalue weighted by molar-refractivity contribution is 7.99. The Bertz CT molecular complexity index is 183. The molecule has 1 atom stereocenters. The van der Waals surface area contributed by atoms with Crippen LogP contribution < -0.4 is 5.73 Å². The normalized spacial score (nSPS) is 25.4. The summed E-state index contributed by atoms with van der Waals surface area (Å²) in [5.74, 6) is 2.58. The van der Waals surface area contributed by atoms with Crippen LogP contribution in [0.5, 0.6) is 0 Å². The van der Waals surface area contributed by atoms with Gasteiger partial charge in [-0.1, -0.05) is 26.7 Å². The third-order valence-electron chi connectivity index (χ3n) is 3.92. The van der Waals surface area contributed by atoms with E-state index in [1.54, 1.807) is 0 Å². The van der Waals surface area contributed by atoms with Crippen molar-refractivity contribution in [3.05, 3.63) is 0 Å². The van der Waals surface area contributed by atoms with E-state index in [0.29, 0.717) is 5.54 Å². The van der Waals surface area contributed by atoms with Gasteiger partial charge in [0.1, 0.15) is 0 Å². The fourth-order valence-electron chi connectivity index (χ4n) is 2.66. The maximum atomic E-state index is 6.13. The van der Waals surface area contributed by atoms with E-state index in [2.05, 4.69) is 30.5 Å². The zero-order chi connectivity index (χ0) is 12.6. The molecule has 0 saturated carbocycles. The first-order chi connectivity index (χ1) is 8.29. The van der Waals surface area contributed by atoms with Crippen LogP contribution in [0.1, 0.15) is 52.4 Å². The van der Waals surface area contributed by atoms with Gasteiger partial charge in [-0.3, -0.25) is 4.90 Å². The molecule has 0 aromatic carbocycles. The zero-order valence-corrected chi connectivity index (χ0v) is 12.5. The average Bonchev–Trinajstić information content (AvgIpc) is 2.39. The van der Waals surface area contributed by atoms with Crippen molar-refractivity contribution < 1.29 is 0 Å². The van der Waals surface area contributed by atoms with E-state index in [0.717, 1.165) is 6.54 Å². The SMILES string of the molecule is CCCCN(CCCC)C1(CN)CCCSC1. The molecule has 1 rings (SSSR count). The van der Waals surface area contributed by atoms with Crippen LogP contribution in [0.25, 0.3) is 0 Å². The molecule has 0 bridgehead atoms. The summed E-state index contributed by atoms with van der Waals surface area (Å²) >= 11 is 2.10. The maximum absolute atomic E-state index is 6.13. The summed E-state index contributed by atoms with van der Waals surface area (Å²) in [6.07, 6.45) is 7.86. The molecule has 0 amide bonds. The first kappa shape index (κ1) is 15.3. The van der Waals surface area contributed by atoms with Gasteiger partial charge in [-0.15, -0.1) is 0 Å². The van der Waals surface area contributed by atoms with Crippen LogP contribution in [-0.4, -0.2) is 41.6 Å². The van der Waals surface area contributed by atoms with Crippen molar-refractivity contribution in [2.24, 2.45) is 5.73 Å². The van der Waals surface area contributed by atoms with Gasteiger partial charge in [0, 0.05) is 17.8 Å². The Balaban J connectivity index is 2.61. The van der Waals surface area contributed by atoms with E-state index in [-0.39, 0.29) is 0 Å². The van der Waals surface area contributed by atoms with Crippen molar-refractivity contribution in [1.82, 2.24) is 4.90 Å². The standard InChI is InChI=1S/C14H30N2S/c1-3-5-9-16(10-6-4-2)14(12-15)8-7-11-17-13-14/h3-13,15H2,1-2H3. The Morgan fingerprint density at radius 3 is 2.24 bits per heavy atom. The first-order valence-corrected chi connectivity index (χ1v) is 8.47. The molecular formula is C14H30N2S. The number of thioether (sulfide) groups is 1.